The van der Waals surface area contributed by atoms with Crippen LogP contribution in [0.5, 0.6) is 0 Å². The smallest absolute Gasteiger partial charge is 0.232 e. The number of halogens is 1. The van der Waals surface area contributed by atoms with Gasteiger partial charge in [-0.3, -0.25) is 0 Å². The van der Waals surface area contributed by atoms with Crippen LogP contribution in [0.3, 0.4) is 0 Å². The molecule has 1 aromatic heterocycles. The standard InChI is InChI=1S/C17H18ClN5S/c18-14-9-15(21-16(20-14)22-17(24)19-13-5-6-13)23-8-7-11-3-1-2-4-12(11)10-23/h1-4,9,13H,5-8,10H2,(H2,19,20,21,22,24). The van der Waals surface area contributed by atoms with Crippen molar-refractivity contribution in [1.82, 2.24) is 15.3 Å². The third-order valence-electron chi connectivity index (χ3n) is 4.27. The second-order valence-electron chi connectivity index (χ2n) is 6.19. The number of rotatable bonds is 3. The maximum atomic E-state index is 6.19. The molecule has 1 aromatic carbocycles. The van der Waals surface area contributed by atoms with Crippen LogP contribution >= 0.6 is 23.8 Å². The number of nitrogens with zero attached hydrogens (tertiary/aromatic N) is 3. The lowest BCUT2D eigenvalue weighted by molar-refractivity contribution is 0.720. The summed E-state index contributed by atoms with van der Waals surface area (Å²) in [7, 11) is 0. The van der Waals surface area contributed by atoms with Crippen LogP contribution in [0, 0.1) is 0 Å². The van der Waals surface area contributed by atoms with Gasteiger partial charge in [-0.1, -0.05) is 35.9 Å². The quantitative estimate of drug-likeness (QED) is 0.648. The zero-order valence-electron chi connectivity index (χ0n) is 13.1. The Kier molecular flexibility index (Phi) is 4.24. The molecule has 2 N–H and O–H groups in total. The molecule has 7 heteroatoms. The molecule has 0 atom stereocenters. The Morgan fingerprint density at radius 2 is 2.00 bits per heavy atom. The highest BCUT2D eigenvalue weighted by Crippen LogP contribution is 2.25. The number of thiocarbonyl (C=S) groups is 1. The molecule has 1 saturated carbocycles. The van der Waals surface area contributed by atoms with Crippen LogP contribution in [0.4, 0.5) is 11.8 Å². The summed E-state index contributed by atoms with van der Waals surface area (Å²) in [5.41, 5.74) is 2.74. The summed E-state index contributed by atoms with van der Waals surface area (Å²) < 4.78 is 0. The minimum Gasteiger partial charge on any atom is -0.360 e. The average Bonchev–Trinajstić information content (AvgIpc) is 3.37. The number of fused-ring (bicyclic) bond motifs is 1. The molecule has 2 aromatic rings. The summed E-state index contributed by atoms with van der Waals surface area (Å²) in [5, 5.41) is 7.22. The summed E-state index contributed by atoms with van der Waals surface area (Å²) in [5.74, 6) is 1.26. The minimum absolute atomic E-state index is 0.413. The summed E-state index contributed by atoms with van der Waals surface area (Å²) in [4.78, 5) is 11.0. The van der Waals surface area contributed by atoms with Crippen molar-refractivity contribution in [3.8, 4) is 0 Å². The maximum Gasteiger partial charge on any atom is 0.232 e. The summed E-state index contributed by atoms with van der Waals surface area (Å²) >= 11 is 11.5. The van der Waals surface area contributed by atoms with Gasteiger partial charge in [0.15, 0.2) is 5.11 Å². The summed E-state index contributed by atoms with van der Waals surface area (Å²) in [6.07, 6.45) is 3.33. The average molecular weight is 360 g/mol. The van der Waals surface area contributed by atoms with E-state index < -0.39 is 0 Å². The van der Waals surface area contributed by atoms with E-state index in [1.54, 1.807) is 6.07 Å². The second kappa shape index (κ2) is 6.53. The highest BCUT2D eigenvalue weighted by atomic mass is 35.5. The molecular formula is C17H18ClN5S. The Balaban J connectivity index is 1.52. The molecule has 1 aliphatic heterocycles. The first-order valence-electron chi connectivity index (χ1n) is 8.11. The molecule has 1 aliphatic carbocycles. The van der Waals surface area contributed by atoms with Gasteiger partial charge in [-0.25, -0.2) is 4.98 Å². The van der Waals surface area contributed by atoms with Gasteiger partial charge in [0.05, 0.1) is 0 Å². The van der Waals surface area contributed by atoms with Crippen LogP contribution in [-0.2, 0) is 13.0 Å². The van der Waals surface area contributed by atoms with E-state index in [1.165, 1.54) is 11.1 Å². The Morgan fingerprint density at radius 1 is 1.21 bits per heavy atom. The molecule has 0 saturated heterocycles. The fourth-order valence-corrected chi connectivity index (χ4v) is 3.30. The van der Waals surface area contributed by atoms with E-state index >= 15 is 0 Å². The van der Waals surface area contributed by atoms with Crippen molar-refractivity contribution < 1.29 is 0 Å². The zero-order valence-corrected chi connectivity index (χ0v) is 14.7. The molecule has 4 rings (SSSR count). The first kappa shape index (κ1) is 15.6. The zero-order chi connectivity index (χ0) is 16.5. The van der Waals surface area contributed by atoms with Gasteiger partial charge in [-0.2, -0.15) is 4.98 Å². The van der Waals surface area contributed by atoms with Crippen LogP contribution in [-0.4, -0.2) is 27.7 Å². The number of aromatic nitrogens is 2. The molecule has 24 heavy (non-hydrogen) atoms. The van der Waals surface area contributed by atoms with Crippen molar-refractivity contribution >= 4 is 40.7 Å². The molecule has 2 heterocycles. The van der Waals surface area contributed by atoms with Crippen molar-refractivity contribution in [2.24, 2.45) is 0 Å². The number of nitrogens with one attached hydrogen (secondary N) is 2. The second-order valence-corrected chi connectivity index (χ2v) is 6.98. The highest BCUT2D eigenvalue weighted by molar-refractivity contribution is 7.80. The highest BCUT2D eigenvalue weighted by Gasteiger charge is 2.22. The first-order chi connectivity index (χ1) is 11.7. The van der Waals surface area contributed by atoms with Crippen LogP contribution in [0.15, 0.2) is 30.3 Å². The fourth-order valence-electron chi connectivity index (χ4n) is 2.87. The predicted molar refractivity (Wildman–Crippen MR) is 101 cm³/mol. The lowest BCUT2D eigenvalue weighted by atomic mass is 10.00. The largest absolute Gasteiger partial charge is 0.360 e. The van der Waals surface area contributed by atoms with Gasteiger partial charge in [-0.15, -0.1) is 0 Å². The number of hydrogen-bond acceptors (Lipinski definition) is 4. The van der Waals surface area contributed by atoms with E-state index in [0.717, 1.165) is 38.2 Å². The van der Waals surface area contributed by atoms with E-state index in [4.69, 9.17) is 23.8 Å². The van der Waals surface area contributed by atoms with Gasteiger partial charge in [0.1, 0.15) is 11.0 Å². The van der Waals surface area contributed by atoms with E-state index in [1.807, 2.05) is 0 Å². The molecule has 2 aliphatic rings. The third kappa shape index (κ3) is 3.60. The molecule has 1 fully saturated rings. The monoisotopic (exact) mass is 359 g/mol. The first-order valence-corrected chi connectivity index (χ1v) is 8.90. The molecule has 124 valence electrons. The van der Waals surface area contributed by atoms with Crippen molar-refractivity contribution in [3.05, 3.63) is 46.6 Å². The molecular weight excluding hydrogens is 342 g/mol. The SMILES string of the molecule is S=C(Nc1nc(Cl)cc(N2CCc3ccccc3C2)n1)NC1CC1. The van der Waals surface area contributed by atoms with Crippen molar-refractivity contribution in [3.63, 3.8) is 0 Å². The lowest BCUT2D eigenvalue weighted by Gasteiger charge is -2.30. The topological polar surface area (TPSA) is 53.1 Å². The minimum atomic E-state index is 0.413. The lowest BCUT2D eigenvalue weighted by Crippen LogP contribution is -2.33. The predicted octanol–water partition coefficient (Wildman–Crippen LogP) is 3.14. The van der Waals surface area contributed by atoms with E-state index in [2.05, 4.69) is 49.8 Å². The number of anilines is 2. The van der Waals surface area contributed by atoms with Gasteiger partial charge in [0, 0.05) is 25.2 Å². The summed E-state index contributed by atoms with van der Waals surface area (Å²) in [6.45, 7) is 1.74. The Morgan fingerprint density at radius 3 is 2.79 bits per heavy atom. The molecule has 0 radical (unpaired) electrons. The Bertz CT molecular complexity index is 777. The third-order valence-corrected chi connectivity index (χ3v) is 4.69. The maximum absolute atomic E-state index is 6.19. The molecule has 0 amide bonds. The Hall–Kier alpha value is -1.92. The van der Waals surface area contributed by atoms with Gasteiger partial charge in [0.25, 0.3) is 0 Å². The van der Waals surface area contributed by atoms with Gasteiger partial charge in [0.2, 0.25) is 5.95 Å². The van der Waals surface area contributed by atoms with Crippen LogP contribution < -0.4 is 15.5 Å². The van der Waals surface area contributed by atoms with E-state index in [9.17, 15) is 0 Å². The van der Waals surface area contributed by atoms with Crippen LogP contribution in [0.2, 0.25) is 5.15 Å². The van der Waals surface area contributed by atoms with Crippen molar-refractivity contribution in [1.29, 1.82) is 0 Å². The molecule has 0 bridgehead atoms. The number of benzene rings is 1. The Labute approximate surface area is 151 Å². The van der Waals surface area contributed by atoms with Gasteiger partial charge >= 0.3 is 0 Å². The number of hydrogen-bond donors (Lipinski definition) is 2. The van der Waals surface area contributed by atoms with E-state index in [-0.39, 0.29) is 0 Å². The molecule has 0 spiro atoms. The van der Waals surface area contributed by atoms with Gasteiger partial charge in [-0.05, 0) is 42.6 Å². The molecule has 0 unspecified atom stereocenters. The van der Waals surface area contributed by atoms with Crippen LogP contribution in [0.1, 0.15) is 24.0 Å². The van der Waals surface area contributed by atoms with Crippen molar-refractivity contribution in [2.75, 3.05) is 16.8 Å². The fraction of sp³-hybridized carbons (Fsp3) is 0.353. The van der Waals surface area contributed by atoms with E-state index in [0.29, 0.717) is 22.3 Å². The van der Waals surface area contributed by atoms with Crippen LogP contribution in [0.25, 0.3) is 0 Å². The van der Waals surface area contributed by atoms with Gasteiger partial charge < -0.3 is 15.5 Å². The summed E-state index contributed by atoms with van der Waals surface area (Å²) in [6, 6.07) is 10.8. The molecule has 5 nitrogen and oxygen atoms in total. The normalized spacial score (nSPS) is 16.5. The van der Waals surface area contributed by atoms with Crippen molar-refractivity contribution in [2.45, 2.75) is 31.8 Å².